The van der Waals surface area contributed by atoms with E-state index in [0.29, 0.717) is 17.8 Å². The van der Waals surface area contributed by atoms with Gasteiger partial charge in [0.25, 0.3) is 0 Å². The minimum absolute atomic E-state index is 0.578. The summed E-state index contributed by atoms with van der Waals surface area (Å²) in [5.41, 5.74) is 3.35. The van der Waals surface area contributed by atoms with E-state index in [4.69, 9.17) is 0 Å². The summed E-state index contributed by atoms with van der Waals surface area (Å²) < 4.78 is 28.5. The maximum atomic E-state index is 13.5. The minimum Gasteiger partial charge on any atom is -0.312 e. The maximum absolute atomic E-state index is 13.5. The molecule has 1 aromatic carbocycles. The van der Waals surface area contributed by atoms with E-state index in [0.717, 1.165) is 35.4 Å². The van der Waals surface area contributed by atoms with Gasteiger partial charge in [0.2, 0.25) is 5.13 Å². The molecule has 3 heterocycles. The van der Waals surface area contributed by atoms with Crippen molar-refractivity contribution in [3.05, 3.63) is 52.7 Å². The lowest BCUT2D eigenvalue weighted by molar-refractivity contribution is 0.509. The number of thiazole rings is 1. The summed E-state index contributed by atoms with van der Waals surface area (Å²) in [4.78, 5) is 4.30. The maximum Gasteiger partial charge on any atom is 0.210 e. The zero-order valence-electron chi connectivity index (χ0n) is 11.5. The predicted molar refractivity (Wildman–Crippen MR) is 80.0 cm³/mol. The molecule has 0 radical (unpaired) electrons. The zero-order valence-corrected chi connectivity index (χ0v) is 12.3. The summed E-state index contributed by atoms with van der Waals surface area (Å²) in [7, 11) is 0. The van der Waals surface area contributed by atoms with E-state index < -0.39 is 11.6 Å². The highest BCUT2D eigenvalue weighted by atomic mass is 32.1. The fraction of sp³-hybridized carbons (Fsp3) is 0.200. The molecule has 0 fully saturated rings. The monoisotopic (exact) mass is 318 g/mol. The molecule has 0 saturated heterocycles. The van der Waals surface area contributed by atoms with Gasteiger partial charge in [0, 0.05) is 42.2 Å². The molecule has 0 aliphatic carbocycles. The van der Waals surface area contributed by atoms with E-state index in [9.17, 15) is 8.78 Å². The summed E-state index contributed by atoms with van der Waals surface area (Å²) >= 11 is 1.50. The number of nitrogens with one attached hydrogen (secondary N) is 1. The summed E-state index contributed by atoms with van der Waals surface area (Å²) in [5.74, 6) is -1.71. The van der Waals surface area contributed by atoms with Crippen LogP contribution in [-0.2, 0) is 13.0 Å². The number of rotatable bonds is 2. The Hall–Kier alpha value is -2.12. The Balaban J connectivity index is 1.91. The van der Waals surface area contributed by atoms with Gasteiger partial charge >= 0.3 is 0 Å². The van der Waals surface area contributed by atoms with Crippen molar-refractivity contribution in [2.45, 2.75) is 13.0 Å². The van der Waals surface area contributed by atoms with Crippen molar-refractivity contribution < 1.29 is 8.78 Å². The first kappa shape index (κ1) is 13.5. The van der Waals surface area contributed by atoms with Gasteiger partial charge in [-0.15, -0.1) is 11.3 Å². The van der Waals surface area contributed by atoms with Gasteiger partial charge in [-0.2, -0.15) is 5.10 Å². The smallest absolute Gasteiger partial charge is 0.210 e. The molecule has 0 amide bonds. The molecule has 0 bridgehead atoms. The van der Waals surface area contributed by atoms with Crippen molar-refractivity contribution in [1.29, 1.82) is 0 Å². The average molecular weight is 318 g/mol. The lowest BCUT2D eigenvalue weighted by Gasteiger charge is -2.14. The molecular formula is C15H12F2N4S. The summed E-state index contributed by atoms with van der Waals surface area (Å²) in [6, 6.07) is 3.89. The van der Waals surface area contributed by atoms with Crippen molar-refractivity contribution >= 4 is 11.3 Å². The van der Waals surface area contributed by atoms with E-state index in [1.807, 2.05) is 10.1 Å². The van der Waals surface area contributed by atoms with Gasteiger partial charge in [-0.05, 0) is 18.2 Å². The van der Waals surface area contributed by atoms with Crippen LogP contribution in [0.2, 0.25) is 0 Å². The molecule has 0 spiro atoms. The Bertz CT molecular complexity index is 826. The lowest BCUT2D eigenvalue weighted by atomic mass is 10.0. The number of benzene rings is 1. The van der Waals surface area contributed by atoms with Gasteiger partial charge in [-0.3, -0.25) is 0 Å². The molecule has 2 aromatic heterocycles. The molecule has 3 aromatic rings. The van der Waals surface area contributed by atoms with Gasteiger partial charge in [-0.25, -0.2) is 18.4 Å². The van der Waals surface area contributed by atoms with Gasteiger partial charge in [0.1, 0.15) is 0 Å². The third-order valence-electron chi connectivity index (χ3n) is 3.72. The van der Waals surface area contributed by atoms with E-state index in [2.05, 4.69) is 15.4 Å². The quantitative estimate of drug-likeness (QED) is 0.790. The second kappa shape index (κ2) is 5.26. The Kier molecular flexibility index (Phi) is 3.24. The lowest BCUT2D eigenvalue weighted by Crippen LogP contribution is -2.24. The SMILES string of the molecule is Fc1ccc(-c2nn(-c3nccs3)c3c2CNCC3)cc1F. The molecule has 4 nitrogen and oxygen atoms in total. The largest absolute Gasteiger partial charge is 0.312 e. The van der Waals surface area contributed by atoms with Crippen molar-refractivity contribution in [1.82, 2.24) is 20.1 Å². The van der Waals surface area contributed by atoms with Crippen molar-refractivity contribution in [3.63, 3.8) is 0 Å². The minimum atomic E-state index is -0.862. The van der Waals surface area contributed by atoms with E-state index in [1.165, 1.54) is 17.4 Å². The van der Waals surface area contributed by atoms with Gasteiger partial charge in [-0.1, -0.05) is 0 Å². The van der Waals surface area contributed by atoms with Crippen LogP contribution in [-0.4, -0.2) is 21.3 Å². The van der Waals surface area contributed by atoms with E-state index in [1.54, 1.807) is 12.3 Å². The Labute approximate surface area is 129 Å². The molecule has 1 N–H and O–H groups in total. The third-order valence-corrected chi connectivity index (χ3v) is 4.47. The number of nitrogens with zero attached hydrogens (tertiary/aromatic N) is 3. The highest BCUT2D eigenvalue weighted by Gasteiger charge is 2.23. The molecule has 0 saturated carbocycles. The van der Waals surface area contributed by atoms with Crippen molar-refractivity contribution in [2.75, 3.05) is 6.54 Å². The Morgan fingerprint density at radius 2 is 2.14 bits per heavy atom. The predicted octanol–water partition coefficient (Wildman–Crippen LogP) is 2.92. The molecule has 0 atom stereocenters. The number of aromatic nitrogens is 3. The first-order valence-electron chi connectivity index (χ1n) is 6.91. The molecular weight excluding hydrogens is 306 g/mol. The first-order chi connectivity index (χ1) is 10.7. The van der Waals surface area contributed by atoms with Crippen LogP contribution in [0, 0.1) is 11.6 Å². The second-order valence-electron chi connectivity index (χ2n) is 5.06. The fourth-order valence-corrected chi connectivity index (χ4v) is 3.32. The topological polar surface area (TPSA) is 42.7 Å². The van der Waals surface area contributed by atoms with Crippen LogP contribution >= 0.6 is 11.3 Å². The molecule has 112 valence electrons. The fourth-order valence-electron chi connectivity index (χ4n) is 2.70. The van der Waals surface area contributed by atoms with Crippen LogP contribution in [0.25, 0.3) is 16.4 Å². The van der Waals surface area contributed by atoms with Crippen molar-refractivity contribution in [2.24, 2.45) is 0 Å². The standard InChI is InChI=1S/C15H12F2N4S/c16-11-2-1-9(7-12(11)17)14-10-8-18-4-3-13(10)21(20-14)15-19-5-6-22-15/h1-2,5-7,18H,3-4,8H2. The highest BCUT2D eigenvalue weighted by molar-refractivity contribution is 7.12. The molecule has 0 unspecified atom stereocenters. The normalized spacial score (nSPS) is 14.1. The van der Waals surface area contributed by atoms with Crippen LogP contribution < -0.4 is 5.32 Å². The van der Waals surface area contributed by atoms with Gasteiger partial charge in [0.05, 0.1) is 11.4 Å². The number of hydrogen-bond acceptors (Lipinski definition) is 4. The number of fused-ring (bicyclic) bond motifs is 1. The molecule has 7 heteroatoms. The van der Waals surface area contributed by atoms with Crippen molar-refractivity contribution in [3.8, 4) is 16.4 Å². The summed E-state index contributed by atoms with van der Waals surface area (Å²) in [6.07, 6.45) is 2.55. The molecule has 1 aliphatic rings. The van der Waals surface area contributed by atoms with Crippen LogP contribution in [0.4, 0.5) is 8.78 Å². The molecule has 4 rings (SSSR count). The second-order valence-corrected chi connectivity index (χ2v) is 5.93. The molecule has 22 heavy (non-hydrogen) atoms. The highest BCUT2D eigenvalue weighted by Crippen LogP contribution is 2.30. The van der Waals surface area contributed by atoms with Crippen LogP contribution in [0.5, 0.6) is 0 Å². The van der Waals surface area contributed by atoms with Crippen LogP contribution in [0.3, 0.4) is 0 Å². The summed E-state index contributed by atoms with van der Waals surface area (Å²) in [6.45, 7) is 1.52. The van der Waals surface area contributed by atoms with Crippen LogP contribution in [0.1, 0.15) is 11.3 Å². The van der Waals surface area contributed by atoms with Crippen LogP contribution in [0.15, 0.2) is 29.8 Å². The van der Waals surface area contributed by atoms with Gasteiger partial charge in [0.15, 0.2) is 11.6 Å². The Morgan fingerprint density at radius 1 is 1.23 bits per heavy atom. The van der Waals surface area contributed by atoms with Gasteiger partial charge < -0.3 is 5.32 Å². The molecule has 1 aliphatic heterocycles. The first-order valence-corrected chi connectivity index (χ1v) is 7.79. The number of halogens is 2. The van der Waals surface area contributed by atoms with E-state index in [-0.39, 0.29) is 0 Å². The summed E-state index contributed by atoms with van der Waals surface area (Å²) in [5, 5.41) is 10.6. The zero-order chi connectivity index (χ0) is 15.1. The van der Waals surface area contributed by atoms with E-state index >= 15 is 0 Å². The number of hydrogen-bond donors (Lipinski definition) is 1. The average Bonchev–Trinajstić information content (AvgIpc) is 3.17. The third kappa shape index (κ3) is 2.13. The Morgan fingerprint density at radius 3 is 2.91 bits per heavy atom.